The van der Waals surface area contributed by atoms with Crippen LogP contribution in [0.5, 0.6) is 5.75 Å². The monoisotopic (exact) mass is 317 g/mol. The zero-order valence-electron chi connectivity index (χ0n) is 13.6. The molecule has 1 amide bonds. The summed E-state index contributed by atoms with van der Waals surface area (Å²) in [6.45, 7) is 2.59. The van der Waals surface area contributed by atoms with Gasteiger partial charge >= 0.3 is 0 Å². The molecule has 0 spiro atoms. The lowest BCUT2D eigenvalue weighted by atomic mass is 9.83. The fourth-order valence-corrected chi connectivity index (χ4v) is 3.54. The van der Waals surface area contributed by atoms with Gasteiger partial charge in [0.25, 0.3) is 0 Å². The summed E-state index contributed by atoms with van der Waals surface area (Å²) < 4.78 is 5.80. The second kappa shape index (κ2) is 6.00. The van der Waals surface area contributed by atoms with E-state index in [0.717, 1.165) is 33.3 Å². The van der Waals surface area contributed by atoms with Crippen LogP contribution >= 0.6 is 0 Å². The topological polar surface area (TPSA) is 38.3 Å². The minimum atomic E-state index is 0.0149. The predicted molar refractivity (Wildman–Crippen MR) is 96.6 cm³/mol. The Morgan fingerprint density at radius 2 is 1.79 bits per heavy atom. The van der Waals surface area contributed by atoms with Crippen LogP contribution < -0.4 is 10.1 Å². The third kappa shape index (κ3) is 2.42. The fourth-order valence-electron chi connectivity index (χ4n) is 3.54. The first-order valence-electron chi connectivity index (χ1n) is 8.31. The molecule has 0 aromatic heterocycles. The quantitative estimate of drug-likeness (QED) is 0.759. The summed E-state index contributed by atoms with van der Waals surface area (Å²) in [5.74, 6) is 0.926. The molecule has 24 heavy (non-hydrogen) atoms. The highest BCUT2D eigenvalue weighted by atomic mass is 16.5. The van der Waals surface area contributed by atoms with Gasteiger partial charge in [0.1, 0.15) is 5.75 Å². The largest absolute Gasteiger partial charge is 0.494 e. The Balaban J connectivity index is 1.91. The van der Waals surface area contributed by atoms with Crippen molar-refractivity contribution in [2.24, 2.45) is 0 Å². The summed E-state index contributed by atoms with van der Waals surface area (Å²) in [6.07, 6.45) is 0.440. The van der Waals surface area contributed by atoms with Crippen LogP contribution in [0.3, 0.4) is 0 Å². The Hall–Kier alpha value is -2.81. The van der Waals surface area contributed by atoms with Crippen molar-refractivity contribution in [3.8, 4) is 5.75 Å². The van der Waals surface area contributed by atoms with E-state index < -0.39 is 0 Å². The minimum absolute atomic E-state index is 0.0149. The highest BCUT2D eigenvalue weighted by Gasteiger charge is 2.29. The van der Waals surface area contributed by atoms with E-state index in [2.05, 4.69) is 35.6 Å². The first-order chi connectivity index (χ1) is 11.8. The summed E-state index contributed by atoms with van der Waals surface area (Å²) in [4.78, 5) is 12.4. The van der Waals surface area contributed by atoms with Crippen LogP contribution in [0.1, 0.15) is 30.4 Å². The highest BCUT2D eigenvalue weighted by Crippen LogP contribution is 2.43. The molecule has 3 aromatic carbocycles. The van der Waals surface area contributed by atoms with Gasteiger partial charge in [0.05, 0.1) is 12.3 Å². The molecule has 3 nitrogen and oxygen atoms in total. The zero-order valence-corrected chi connectivity index (χ0v) is 13.6. The van der Waals surface area contributed by atoms with Crippen molar-refractivity contribution in [3.63, 3.8) is 0 Å². The van der Waals surface area contributed by atoms with E-state index in [1.54, 1.807) is 0 Å². The van der Waals surface area contributed by atoms with Gasteiger partial charge in [0, 0.05) is 23.3 Å². The number of benzene rings is 3. The summed E-state index contributed by atoms with van der Waals surface area (Å²) in [7, 11) is 0. The molecule has 1 aliphatic rings. The molecule has 120 valence electrons. The summed E-state index contributed by atoms with van der Waals surface area (Å²) in [5, 5.41) is 5.29. The summed E-state index contributed by atoms with van der Waals surface area (Å²) in [6, 6.07) is 20.4. The molecule has 0 unspecified atom stereocenters. The van der Waals surface area contributed by atoms with E-state index in [4.69, 9.17) is 4.74 Å². The number of nitrogens with one attached hydrogen (secondary N) is 1. The molecular weight excluding hydrogens is 298 g/mol. The molecule has 1 aliphatic heterocycles. The molecule has 4 rings (SSSR count). The van der Waals surface area contributed by atoms with E-state index in [-0.39, 0.29) is 11.8 Å². The highest BCUT2D eigenvalue weighted by molar-refractivity contribution is 6.06. The summed E-state index contributed by atoms with van der Waals surface area (Å²) in [5.41, 5.74) is 3.16. The van der Waals surface area contributed by atoms with E-state index in [1.807, 2.05) is 37.3 Å². The molecule has 3 heteroatoms. The van der Waals surface area contributed by atoms with Gasteiger partial charge in [-0.1, -0.05) is 54.6 Å². The number of fused-ring (bicyclic) bond motifs is 3. The van der Waals surface area contributed by atoms with Gasteiger partial charge in [-0.25, -0.2) is 0 Å². The van der Waals surface area contributed by atoms with Crippen LogP contribution in [0.4, 0.5) is 5.69 Å². The van der Waals surface area contributed by atoms with Crippen molar-refractivity contribution in [1.82, 2.24) is 0 Å². The first kappa shape index (κ1) is 14.8. The average molecular weight is 317 g/mol. The van der Waals surface area contributed by atoms with E-state index in [0.29, 0.717) is 13.0 Å². The zero-order chi connectivity index (χ0) is 16.5. The van der Waals surface area contributed by atoms with Crippen molar-refractivity contribution >= 4 is 22.4 Å². The lowest BCUT2D eigenvalue weighted by molar-refractivity contribution is -0.116. The summed E-state index contributed by atoms with van der Waals surface area (Å²) >= 11 is 0. The third-order valence-electron chi connectivity index (χ3n) is 4.58. The van der Waals surface area contributed by atoms with Gasteiger partial charge in [-0.05, 0) is 23.9 Å². The number of para-hydroxylation sites is 1. The molecular formula is C21H19NO2. The van der Waals surface area contributed by atoms with Crippen molar-refractivity contribution in [2.75, 3.05) is 11.9 Å². The molecule has 0 radical (unpaired) electrons. The molecule has 3 aromatic rings. The molecule has 0 saturated carbocycles. The second-order valence-electron chi connectivity index (χ2n) is 6.03. The standard InChI is InChI=1S/C21H19NO2/c1-2-24-19-10-6-5-9-16(19)18-13-20(23)22-21-15-8-4-3-7-14(15)11-12-17(18)21/h3-12,18H,2,13H2,1H3,(H,22,23)/t18-/m1/s1. The van der Waals surface area contributed by atoms with Crippen LogP contribution in [0.2, 0.25) is 0 Å². The van der Waals surface area contributed by atoms with Gasteiger partial charge in [-0.3, -0.25) is 4.79 Å². The van der Waals surface area contributed by atoms with E-state index in [9.17, 15) is 4.79 Å². The maximum Gasteiger partial charge on any atom is 0.225 e. The van der Waals surface area contributed by atoms with Crippen LogP contribution in [-0.2, 0) is 4.79 Å². The number of rotatable bonds is 3. The SMILES string of the molecule is CCOc1ccccc1[C@H]1CC(=O)Nc2c1ccc1ccccc21. The van der Waals surface area contributed by atoms with Crippen molar-refractivity contribution < 1.29 is 9.53 Å². The Morgan fingerprint density at radius 3 is 2.67 bits per heavy atom. The molecule has 1 heterocycles. The van der Waals surface area contributed by atoms with Gasteiger partial charge < -0.3 is 10.1 Å². The fraction of sp³-hybridized carbons (Fsp3) is 0.190. The number of ether oxygens (including phenoxy) is 1. The van der Waals surface area contributed by atoms with Crippen LogP contribution in [0.25, 0.3) is 10.8 Å². The van der Waals surface area contributed by atoms with Crippen molar-refractivity contribution in [1.29, 1.82) is 0 Å². The number of hydrogen-bond acceptors (Lipinski definition) is 2. The molecule has 1 N–H and O–H groups in total. The average Bonchev–Trinajstić information content (AvgIpc) is 2.62. The lowest BCUT2D eigenvalue weighted by Gasteiger charge is -2.28. The van der Waals surface area contributed by atoms with E-state index >= 15 is 0 Å². The molecule has 0 bridgehead atoms. The third-order valence-corrected chi connectivity index (χ3v) is 4.58. The van der Waals surface area contributed by atoms with E-state index in [1.165, 1.54) is 0 Å². The Labute approximate surface area is 141 Å². The number of hydrogen-bond donors (Lipinski definition) is 1. The van der Waals surface area contributed by atoms with Gasteiger partial charge in [0.15, 0.2) is 0 Å². The molecule has 1 atom stereocenters. The normalized spacial score (nSPS) is 16.5. The Morgan fingerprint density at radius 1 is 1.00 bits per heavy atom. The molecule has 0 aliphatic carbocycles. The van der Waals surface area contributed by atoms with Crippen LogP contribution in [-0.4, -0.2) is 12.5 Å². The number of carbonyl (C=O) groups excluding carboxylic acids is 1. The van der Waals surface area contributed by atoms with Crippen molar-refractivity contribution in [2.45, 2.75) is 19.3 Å². The Bertz CT molecular complexity index is 917. The first-order valence-corrected chi connectivity index (χ1v) is 8.31. The predicted octanol–water partition coefficient (Wildman–Crippen LogP) is 4.71. The van der Waals surface area contributed by atoms with Gasteiger partial charge in [0.2, 0.25) is 5.91 Å². The number of anilines is 1. The number of carbonyl (C=O) groups is 1. The van der Waals surface area contributed by atoms with Crippen LogP contribution in [0.15, 0.2) is 60.7 Å². The van der Waals surface area contributed by atoms with Gasteiger partial charge in [-0.2, -0.15) is 0 Å². The van der Waals surface area contributed by atoms with Crippen LogP contribution in [0, 0.1) is 0 Å². The second-order valence-corrected chi connectivity index (χ2v) is 6.03. The number of amides is 1. The molecule has 0 saturated heterocycles. The minimum Gasteiger partial charge on any atom is -0.494 e. The Kier molecular flexibility index (Phi) is 3.69. The lowest BCUT2D eigenvalue weighted by Crippen LogP contribution is -2.24. The maximum absolute atomic E-state index is 12.4. The smallest absolute Gasteiger partial charge is 0.225 e. The molecule has 0 fully saturated rings. The van der Waals surface area contributed by atoms with Crippen molar-refractivity contribution in [3.05, 3.63) is 71.8 Å². The van der Waals surface area contributed by atoms with Gasteiger partial charge in [-0.15, -0.1) is 0 Å². The maximum atomic E-state index is 12.4.